The van der Waals surface area contributed by atoms with Gasteiger partial charge >= 0.3 is 0 Å². The molecule has 7 nitrogen and oxygen atoms in total. The van der Waals surface area contributed by atoms with Gasteiger partial charge in [-0.15, -0.1) is 0 Å². The van der Waals surface area contributed by atoms with E-state index < -0.39 is 15.9 Å². The number of hydrogen-bond acceptors (Lipinski definition) is 5. The van der Waals surface area contributed by atoms with Crippen LogP contribution in [-0.2, 0) is 10.0 Å². The number of sulfonamides is 1. The van der Waals surface area contributed by atoms with E-state index in [4.69, 9.17) is 9.47 Å². The Morgan fingerprint density at radius 3 is 2.28 bits per heavy atom. The fourth-order valence-electron chi connectivity index (χ4n) is 3.29. The van der Waals surface area contributed by atoms with E-state index >= 15 is 0 Å². The van der Waals surface area contributed by atoms with Crippen molar-refractivity contribution >= 4 is 27.3 Å². The van der Waals surface area contributed by atoms with Crippen LogP contribution in [0.1, 0.15) is 21.5 Å². The maximum Gasteiger partial charge on any atom is 0.264 e. The van der Waals surface area contributed by atoms with Crippen molar-refractivity contribution in [2.45, 2.75) is 18.7 Å². The Morgan fingerprint density at radius 1 is 0.906 bits per heavy atom. The Bertz CT molecular complexity index is 1250. The molecule has 0 aliphatic carbocycles. The van der Waals surface area contributed by atoms with Crippen molar-refractivity contribution in [3.63, 3.8) is 0 Å². The van der Waals surface area contributed by atoms with Crippen molar-refractivity contribution in [1.82, 2.24) is 0 Å². The second-order valence-corrected chi connectivity index (χ2v) is 9.25. The third-order valence-corrected chi connectivity index (χ3v) is 6.91. The summed E-state index contributed by atoms with van der Waals surface area (Å²) < 4.78 is 38.4. The molecule has 1 N–H and O–H groups in total. The number of para-hydroxylation sites is 2. The zero-order valence-corrected chi connectivity index (χ0v) is 19.5. The summed E-state index contributed by atoms with van der Waals surface area (Å²) in [7, 11) is 0.507. The van der Waals surface area contributed by atoms with Crippen LogP contribution in [0.4, 0.5) is 11.4 Å². The quantitative estimate of drug-likeness (QED) is 0.572. The maximum atomic E-state index is 13.3. The van der Waals surface area contributed by atoms with Crippen LogP contribution in [0.15, 0.2) is 65.6 Å². The van der Waals surface area contributed by atoms with Gasteiger partial charge in [0.15, 0.2) is 0 Å². The maximum absolute atomic E-state index is 13.3. The van der Waals surface area contributed by atoms with Gasteiger partial charge in [-0.25, -0.2) is 8.42 Å². The number of ether oxygens (including phenoxy) is 2. The van der Waals surface area contributed by atoms with Crippen LogP contribution >= 0.6 is 0 Å². The van der Waals surface area contributed by atoms with Gasteiger partial charge in [0.05, 0.1) is 30.5 Å². The third kappa shape index (κ3) is 4.55. The Hall–Kier alpha value is -3.52. The fraction of sp³-hybridized carbons (Fsp3) is 0.208. The average molecular weight is 455 g/mol. The summed E-state index contributed by atoms with van der Waals surface area (Å²) in [6.07, 6.45) is 0. The second-order valence-electron chi connectivity index (χ2n) is 7.28. The minimum Gasteiger partial charge on any atom is -0.495 e. The highest BCUT2D eigenvalue weighted by Crippen LogP contribution is 2.32. The highest BCUT2D eigenvalue weighted by atomic mass is 32.2. The smallest absolute Gasteiger partial charge is 0.264 e. The molecule has 0 unspecified atom stereocenters. The van der Waals surface area contributed by atoms with Gasteiger partial charge in [0.1, 0.15) is 11.5 Å². The first kappa shape index (κ1) is 23.1. The van der Waals surface area contributed by atoms with Crippen LogP contribution in [0.5, 0.6) is 11.5 Å². The predicted molar refractivity (Wildman–Crippen MR) is 125 cm³/mol. The van der Waals surface area contributed by atoms with Crippen molar-refractivity contribution in [3.05, 3.63) is 77.4 Å². The van der Waals surface area contributed by atoms with Crippen molar-refractivity contribution in [2.24, 2.45) is 0 Å². The van der Waals surface area contributed by atoms with Gasteiger partial charge in [0, 0.05) is 12.6 Å². The molecule has 0 saturated heterocycles. The Balaban J connectivity index is 1.98. The van der Waals surface area contributed by atoms with Crippen molar-refractivity contribution in [2.75, 3.05) is 30.9 Å². The number of carbonyl (C=O) groups is 1. The molecule has 3 aromatic rings. The molecule has 0 heterocycles. The van der Waals surface area contributed by atoms with Crippen molar-refractivity contribution in [1.29, 1.82) is 0 Å². The van der Waals surface area contributed by atoms with Gasteiger partial charge < -0.3 is 14.8 Å². The number of carbonyl (C=O) groups excluding carboxylic acids is 1. The third-order valence-electron chi connectivity index (χ3n) is 5.14. The molecule has 0 radical (unpaired) electrons. The molecule has 0 atom stereocenters. The van der Waals surface area contributed by atoms with E-state index in [0.717, 1.165) is 9.87 Å². The molecular weight excluding hydrogens is 428 g/mol. The topological polar surface area (TPSA) is 84.9 Å². The van der Waals surface area contributed by atoms with Crippen molar-refractivity contribution in [3.8, 4) is 11.5 Å². The van der Waals surface area contributed by atoms with E-state index in [-0.39, 0.29) is 10.5 Å². The van der Waals surface area contributed by atoms with Crippen LogP contribution in [0.2, 0.25) is 0 Å². The van der Waals surface area contributed by atoms with Crippen LogP contribution in [0.25, 0.3) is 0 Å². The first-order valence-electron chi connectivity index (χ1n) is 9.87. The number of nitrogens with zero attached hydrogens (tertiary/aromatic N) is 1. The lowest BCUT2D eigenvalue weighted by Crippen LogP contribution is -2.27. The summed E-state index contributed by atoms with van der Waals surface area (Å²) in [5.41, 5.74) is 2.76. The van der Waals surface area contributed by atoms with E-state index in [1.807, 2.05) is 13.0 Å². The zero-order valence-electron chi connectivity index (χ0n) is 18.7. The fourth-order valence-corrected chi connectivity index (χ4v) is 4.53. The standard InChI is InChI=1S/C24H26N2O5S/c1-16-10-13-22(30-4)20(14-16)25-24(27)19-15-18(12-11-17(19)2)32(28,29)26(3)21-8-6-7-9-23(21)31-5/h6-15H,1-5H3,(H,25,27). The number of amides is 1. The molecule has 3 aromatic carbocycles. The van der Waals surface area contributed by atoms with Crippen LogP contribution in [-0.4, -0.2) is 35.6 Å². The second kappa shape index (κ2) is 9.32. The minimum absolute atomic E-state index is 0.00198. The zero-order chi connectivity index (χ0) is 23.5. The molecule has 0 aromatic heterocycles. The molecule has 3 rings (SSSR count). The molecule has 8 heteroatoms. The molecule has 0 fully saturated rings. The number of hydrogen-bond donors (Lipinski definition) is 1. The molecule has 0 aliphatic heterocycles. The Labute approximate surface area is 188 Å². The highest BCUT2D eigenvalue weighted by Gasteiger charge is 2.25. The summed E-state index contributed by atoms with van der Waals surface area (Å²) in [6.45, 7) is 3.66. The largest absolute Gasteiger partial charge is 0.495 e. The number of methoxy groups -OCH3 is 2. The van der Waals surface area contributed by atoms with E-state index in [2.05, 4.69) is 5.32 Å². The van der Waals surface area contributed by atoms with Crippen LogP contribution in [0.3, 0.4) is 0 Å². The monoisotopic (exact) mass is 454 g/mol. The van der Waals surface area contributed by atoms with Gasteiger partial charge in [-0.2, -0.15) is 0 Å². The summed E-state index contributed by atoms with van der Waals surface area (Å²) in [4.78, 5) is 13.0. The Kier molecular flexibility index (Phi) is 6.74. The molecule has 0 spiro atoms. The number of rotatable bonds is 7. The SMILES string of the molecule is COc1ccc(C)cc1NC(=O)c1cc(S(=O)(=O)N(C)c2ccccc2OC)ccc1C. The normalized spacial score (nSPS) is 11.0. The molecule has 0 aliphatic rings. The predicted octanol–water partition coefficient (Wildman–Crippen LogP) is 4.40. The van der Waals surface area contributed by atoms with Crippen molar-refractivity contribution < 1.29 is 22.7 Å². The number of benzene rings is 3. The summed E-state index contributed by atoms with van der Waals surface area (Å²) in [5.74, 6) is 0.514. The lowest BCUT2D eigenvalue weighted by molar-refractivity contribution is 0.102. The van der Waals surface area contributed by atoms with Crippen LogP contribution in [0, 0.1) is 13.8 Å². The van der Waals surface area contributed by atoms with Crippen LogP contribution < -0.4 is 19.1 Å². The van der Waals surface area contributed by atoms with E-state index in [9.17, 15) is 13.2 Å². The van der Waals surface area contributed by atoms with E-state index in [0.29, 0.717) is 28.4 Å². The molecule has 32 heavy (non-hydrogen) atoms. The summed E-state index contributed by atoms with van der Waals surface area (Å²) >= 11 is 0. The first-order valence-corrected chi connectivity index (χ1v) is 11.3. The highest BCUT2D eigenvalue weighted by molar-refractivity contribution is 7.92. The molecule has 0 saturated carbocycles. The molecular formula is C24H26N2O5S. The van der Waals surface area contributed by atoms with Gasteiger partial charge in [-0.3, -0.25) is 9.10 Å². The first-order chi connectivity index (χ1) is 15.2. The number of nitrogens with one attached hydrogen (secondary N) is 1. The average Bonchev–Trinajstić information content (AvgIpc) is 2.78. The summed E-state index contributed by atoms with van der Waals surface area (Å²) in [5, 5.41) is 2.82. The van der Waals surface area contributed by atoms with E-state index in [1.165, 1.54) is 33.4 Å². The van der Waals surface area contributed by atoms with E-state index in [1.54, 1.807) is 49.4 Å². The lowest BCUT2D eigenvalue weighted by Gasteiger charge is -2.22. The summed E-state index contributed by atoms with van der Waals surface area (Å²) in [6, 6.07) is 16.8. The van der Waals surface area contributed by atoms with Gasteiger partial charge in [0.25, 0.3) is 15.9 Å². The Morgan fingerprint density at radius 2 is 1.59 bits per heavy atom. The van der Waals surface area contributed by atoms with Gasteiger partial charge in [-0.05, 0) is 61.4 Å². The van der Waals surface area contributed by atoms with Gasteiger partial charge in [-0.1, -0.05) is 24.3 Å². The molecule has 1 amide bonds. The molecule has 168 valence electrons. The van der Waals surface area contributed by atoms with Gasteiger partial charge in [0.2, 0.25) is 0 Å². The number of aryl methyl sites for hydroxylation is 2. The molecule has 0 bridgehead atoms. The minimum atomic E-state index is -3.94. The lowest BCUT2D eigenvalue weighted by atomic mass is 10.1. The number of anilines is 2.